The summed E-state index contributed by atoms with van der Waals surface area (Å²) in [6.07, 6.45) is 5.21. The van der Waals surface area contributed by atoms with E-state index in [4.69, 9.17) is 9.47 Å². The quantitative estimate of drug-likeness (QED) is 0.738. The fourth-order valence-corrected chi connectivity index (χ4v) is 4.42. The van der Waals surface area contributed by atoms with Gasteiger partial charge in [0.25, 0.3) is 0 Å². The Kier molecular flexibility index (Phi) is 5.47. The molecule has 0 amide bonds. The Labute approximate surface area is 153 Å². The van der Waals surface area contributed by atoms with Gasteiger partial charge < -0.3 is 9.47 Å². The van der Waals surface area contributed by atoms with Crippen LogP contribution in [0.2, 0.25) is 0 Å². The molecular formula is C21H26F2O3. The number of ketones is 1. The molecule has 26 heavy (non-hydrogen) atoms. The van der Waals surface area contributed by atoms with Crippen LogP contribution in [-0.4, -0.2) is 25.1 Å². The van der Waals surface area contributed by atoms with Gasteiger partial charge in [0.15, 0.2) is 17.3 Å². The molecule has 2 aliphatic rings. The molecule has 1 unspecified atom stereocenters. The van der Waals surface area contributed by atoms with E-state index in [9.17, 15) is 13.6 Å². The van der Waals surface area contributed by atoms with E-state index < -0.39 is 17.2 Å². The monoisotopic (exact) mass is 364 g/mol. The zero-order chi connectivity index (χ0) is 18.9. The molecule has 1 aliphatic heterocycles. The summed E-state index contributed by atoms with van der Waals surface area (Å²) in [5, 5.41) is 0. The number of carbonyl (C=O) groups excluding carboxylic acids is 1. The molecule has 1 fully saturated rings. The van der Waals surface area contributed by atoms with E-state index >= 15 is 0 Å². The fraction of sp³-hybridized carbons (Fsp3) is 0.571. The van der Waals surface area contributed by atoms with E-state index in [1.165, 1.54) is 13.2 Å². The van der Waals surface area contributed by atoms with Crippen LogP contribution in [0.3, 0.4) is 0 Å². The number of fused-ring (bicyclic) bond motifs is 1. The number of rotatable bonds is 6. The zero-order valence-corrected chi connectivity index (χ0v) is 15.6. The summed E-state index contributed by atoms with van der Waals surface area (Å²) in [5.41, 5.74) is 0.775. The number of carbonyl (C=O) groups is 1. The van der Waals surface area contributed by atoms with Crippen LogP contribution in [0.25, 0.3) is 0 Å². The van der Waals surface area contributed by atoms with E-state index in [2.05, 4.69) is 6.92 Å². The third-order valence-corrected chi connectivity index (χ3v) is 5.82. The molecule has 0 radical (unpaired) electrons. The van der Waals surface area contributed by atoms with Crippen LogP contribution in [0, 0.1) is 23.5 Å². The summed E-state index contributed by atoms with van der Waals surface area (Å²) < 4.78 is 39.4. The second-order valence-electron chi connectivity index (χ2n) is 7.43. The maximum Gasteiger partial charge on any atom is 0.165 e. The Morgan fingerprint density at radius 3 is 2.81 bits per heavy atom. The summed E-state index contributed by atoms with van der Waals surface area (Å²) in [6, 6.07) is 2.29. The highest BCUT2D eigenvalue weighted by molar-refractivity contribution is 5.94. The van der Waals surface area contributed by atoms with Gasteiger partial charge in [-0.3, -0.25) is 4.79 Å². The first-order chi connectivity index (χ1) is 12.4. The van der Waals surface area contributed by atoms with Crippen LogP contribution in [0.4, 0.5) is 8.78 Å². The summed E-state index contributed by atoms with van der Waals surface area (Å²) in [7, 11) is 1.31. The standard InChI is InChI=1S/C21H26F2O3/c1-4-5-14-12-21(16(6-7-26-21)10-19(14)24)13(2)8-15-9-18(23)20(25-3)11-17(15)22/h9-11,13-14H,4-8,12H2,1-3H3/t13?,14-,21+/m1/s1. The Hall–Kier alpha value is -1.75. The highest BCUT2D eigenvalue weighted by Gasteiger charge is 2.49. The topological polar surface area (TPSA) is 35.5 Å². The smallest absolute Gasteiger partial charge is 0.165 e. The first-order valence-electron chi connectivity index (χ1n) is 9.32. The van der Waals surface area contributed by atoms with Gasteiger partial charge in [0.1, 0.15) is 5.82 Å². The lowest BCUT2D eigenvalue weighted by atomic mass is 9.68. The van der Waals surface area contributed by atoms with Crippen LogP contribution in [0.5, 0.6) is 5.75 Å². The lowest BCUT2D eigenvalue weighted by Gasteiger charge is -2.41. The van der Waals surface area contributed by atoms with E-state index in [0.717, 1.165) is 30.9 Å². The van der Waals surface area contributed by atoms with Crippen molar-refractivity contribution in [3.63, 3.8) is 0 Å². The van der Waals surface area contributed by atoms with Crippen LogP contribution in [0.15, 0.2) is 23.8 Å². The minimum absolute atomic E-state index is 0.0539. The van der Waals surface area contributed by atoms with Crippen molar-refractivity contribution >= 4 is 5.78 Å². The number of hydrogen-bond acceptors (Lipinski definition) is 3. The molecule has 0 spiro atoms. The SMILES string of the molecule is CCC[C@@H]1C[C@@]2(C(C)Cc3cc(F)c(OC)cc3F)OCCC2=CC1=O. The third-order valence-electron chi connectivity index (χ3n) is 5.82. The molecule has 0 N–H and O–H groups in total. The second kappa shape index (κ2) is 7.47. The lowest BCUT2D eigenvalue weighted by molar-refractivity contribution is -0.123. The maximum absolute atomic E-state index is 14.4. The van der Waals surface area contributed by atoms with Crippen LogP contribution < -0.4 is 4.74 Å². The van der Waals surface area contributed by atoms with Crippen LogP contribution >= 0.6 is 0 Å². The van der Waals surface area contributed by atoms with Crippen molar-refractivity contribution in [3.05, 3.63) is 41.0 Å². The van der Waals surface area contributed by atoms with E-state index in [-0.39, 0.29) is 23.4 Å². The van der Waals surface area contributed by atoms with Gasteiger partial charge in [-0.2, -0.15) is 0 Å². The molecule has 1 heterocycles. The number of ether oxygens (including phenoxy) is 2. The van der Waals surface area contributed by atoms with Crippen LogP contribution in [0.1, 0.15) is 45.1 Å². The van der Waals surface area contributed by atoms with Crippen molar-refractivity contribution in [2.75, 3.05) is 13.7 Å². The van der Waals surface area contributed by atoms with Crippen molar-refractivity contribution in [2.24, 2.45) is 11.8 Å². The Balaban J connectivity index is 1.88. The molecule has 3 rings (SSSR count). The maximum atomic E-state index is 14.4. The molecule has 1 aromatic rings. The van der Waals surface area contributed by atoms with E-state index in [1.54, 1.807) is 6.08 Å². The predicted octanol–water partition coefficient (Wildman–Crippen LogP) is 4.63. The van der Waals surface area contributed by atoms with Gasteiger partial charge in [0, 0.05) is 12.0 Å². The van der Waals surface area contributed by atoms with Gasteiger partial charge in [-0.05, 0) is 54.9 Å². The van der Waals surface area contributed by atoms with Crippen LogP contribution in [-0.2, 0) is 16.0 Å². The van der Waals surface area contributed by atoms with Gasteiger partial charge >= 0.3 is 0 Å². The normalized spacial score (nSPS) is 26.4. The average molecular weight is 364 g/mol. The van der Waals surface area contributed by atoms with Gasteiger partial charge in [-0.15, -0.1) is 0 Å². The summed E-state index contributed by atoms with van der Waals surface area (Å²) in [5.74, 6) is -1.09. The number of halogens is 2. The Bertz CT molecular complexity index is 728. The highest BCUT2D eigenvalue weighted by Crippen LogP contribution is 2.47. The molecule has 142 valence electrons. The predicted molar refractivity (Wildman–Crippen MR) is 95.2 cm³/mol. The van der Waals surface area contributed by atoms with E-state index in [1.807, 2.05) is 6.92 Å². The summed E-state index contributed by atoms with van der Waals surface area (Å²) >= 11 is 0. The van der Waals surface area contributed by atoms with Gasteiger partial charge in [0.05, 0.1) is 19.3 Å². The molecule has 0 bridgehead atoms. The number of allylic oxidation sites excluding steroid dienone is 1. The molecule has 0 aromatic heterocycles. The highest BCUT2D eigenvalue weighted by atomic mass is 19.1. The third kappa shape index (κ3) is 3.29. The molecule has 3 atom stereocenters. The Morgan fingerprint density at radius 2 is 2.12 bits per heavy atom. The molecule has 3 nitrogen and oxygen atoms in total. The molecule has 1 aliphatic carbocycles. The number of hydrogen-bond donors (Lipinski definition) is 0. The molecule has 1 saturated heterocycles. The number of benzene rings is 1. The molecular weight excluding hydrogens is 338 g/mol. The van der Waals surface area contributed by atoms with Crippen molar-refractivity contribution in [1.29, 1.82) is 0 Å². The van der Waals surface area contributed by atoms with Crippen molar-refractivity contribution in [3.8, 4) is 5.75 Å². The number of methoxy groups -OCH3 is 1. The van der Waals surface area contributed by atoms with Gasteiger partial charge in [0.2, 0.25) is 0 Å². The van der Waals surface area contributed by atoms with Crippen molar-refractivity contribution in [1.82, 2.24) is 0 Å². The minimum atomic E-state index is -0.570. The average Bonchev–Trinajstić information content (AvgIpc) is 3.02. The minimum Gasteiger partial charge on any atom is -0.494 e. The summed E-state index contributed by atoms with van der Waals surface area (Å²) in [4.78, 5) is 12.4. The van der Waals surface area contributed by atoms with E-state index in [0.29, 0.717) is 25.0 Å². The molecule has 1 aromatic carbocycles. The van der Waals surface area contributed by atoms with Crippen molar-refractivity contribution < 1.29 is 23.0 Å². The summed E-state index contributed by atoms with van der Waals surface area (Å²) in [6.45, 7) is 4.63. The molecule has 0 saturated carbocycles. The van der Waals surface area contributed by atoms with Gasteiger partial charge in [-0.25, -0.2) is 8.78 Å². The largest absolute Gasteiger partial charge is 0.494 e. The Morgan fingerprint density at radius 1 is 1.35 bits per heavy atom. The van der Waals surface area contributed by atoms with Gasteiger partial charge in [-0.1, -0.05) is 20.3 Å². The zero-order valence-electron chi connectivity index (χ0n) is 15.6. The first-order valence-corrected chi connectivity index (χ1v) is 9.32. The molecule has 5 heteroatoms. The lowest BCUT2D eigenvalue weighted by Crippen LogP contribution is -2.44. The van der Waals surface area contributed by atoms with Crippen molar-refractivity contribution in [2.45, 2.75) is 51.6 Å². The fourth-order valence-electron chi connectivity index (χ4n) is 4.42. The second-order valence-corrected chi connectivity index (χ2v) is 7.43. The first kappa shape index (κ1) is 19.0.